The first-order valence-electron chi connectivity index (χ1n) is 5.97. The summed E-state index contributed by atoms with van der Waals surface area (Å²) in [4.78, 5) is 12.3. The van der Waals surface area contributed by atoms with Crippen LogP contribution < -0.4 is 14.8 Å². The Balaban J connectivity index is 2.31. The molecule has 0 bridgehead atoms. The monoisotopic (exact) mass is 273 g/mol. The Morgan fingerprint density at radius 1 is 1.10 bits per heavy atom. The summed E-state index contributed by atoms with van der Waals surface area (Å²) in [5.41, 5.74) is 0.664. The van der Waals surface area contributed by atoms with E-state index >= 15 is 0 Å². The van der Waals surface area contributed by atoms with Crippen molar-refractivity contribution < 1.29 is 19.4 Å². The van der Waals surface area contributed by atoms with Crippen molar-refractivity contribution in [2.45, 2.75) is 0 Å². The smallest absolute Gasteiger partial charge is 0.259 e. The zero-order chi connectivity index (χ0) is 14.5. The molecule has 0 saturated carbocycles. The average molecular weight is 273 g/mol. The van der Waals surface area contributed by atoms with E-state index in [2.05, 4.69) is 5.32 Å². The third-order valence-electron chi connectivity index (χ3n) is 2.80. The molecule has 0 atom stereocenters. The van der Waals surface area contributed by atoms with Crippen LogP contribution in [0.15, 0.2) is 42.5 Å². The lowest BCUT2D eigenvalue weighted by atomic mass is 10.1. The quantitative estimate of drug-likeness (QED) is 0.840. The first kappa shape index (κ1) is 13.7. The predicted molar refractivity (Wildman–Crippen MR) is 75.6 cm³/mol. The van der Waals surface area contributed by atoms with E-state index in [1.807, 2.05) is 0 Å². The number of carbonyl (C=O) groups excluding carboxylic acids is 1. The van der Waals surface area contributed by atoms with Gasteiger partial charge < -0.3 is 19.9 Å². The lowest BCUT2D eigenvalue weighted by Crippen LogP contribution is -2.13. The van der Waals surface area contributed by atoms with Gasteiger partial charge in [0.15, 0.2) is 0 Å². The third kappa shape index (κ3) is 2.83. The molecule has 0 fully saturated rings. The number of ether oxygens (including phenoxy) is 2. The lowest BCUT2D eigenvalue weighted by Gasteiger charge is -2.11. The highest BCUT2D eigenvalue weighted by Crippen LogP contribution is 2.27. The number of anilines is 1. The molecule has 2 aromatic carbocycles. The van der Waals surface area contributed by atoms with Gasteiger partial charge in [-0.2, -0.15) is 0 Å². The Hall–Kier alpha value is -2.69. The molecule has 0 aliphatic rings. The summed E-state index contributed by atoms with van der Waals surface area (Å²) in [5.74, 6) is 0.594. The minimum Gasteiger partial charge on any atom is -0.506 e. The van der Waals surface area contributed by atoms with Crippen molar-refractivity contribution in [3.63, 3.8) is 0 Å². The van der Waals surface area contributed by atoms with E-state index in [1.54, 1.807) is 36.4 Å². The number of amides is 1. The number of carbonyl (C=O) groups is 1. The van der Waals surface area contributed by atoms with E-state index < -0.39 is 0 Å². The SMILES string of the molecule is COc1ccc(OC)c(C(=O)Nc2ccccc2O)c1. The van der Waals surface area contributed by atoms with Crippen LogP contribution in [0.1, 0.15) is 10.4 Å². The van der Waals surface area contributed by atoms with Crippen LogP contribution in [0.25, 0.3) is 0 Å². The predicted octanol–water partition coefficient (Wildman–Crippen LogP) is 2.66. The number of aromatic hydroxyl groups is 1. The topological polar surface area (TPSA) is 67.8 Å². The Morgan fingerprint density at radius 3 is 2.50 bits per heavy atom. The molecule has 0 aliphatic carbocycles. The maximum atomic E-state index is 12.3. The van der Waals surface area contributed by atoms with Crippen LogP contribution in [0, 0.1) is 0 Å². The molecule has 2 rings (SSSR count). The van der Waals surface area contributed by atoms with Crippen molar-refractivity contribution in [2.24, 2.45) is 0 Å². The number of phenols is 1. The highest BCUT2D eigenvalue weighted by atomic mass is 16.5. The van der Waals surface area contributed by atoms with Gasteiger partial charge in [0.2, 0.25) is 0 Å². The van der Waals surface area contributed by atoms with Crippen molar-refractivity contribution in [3.8, 4) is 17.2 Å². The first-order chi connectivity index (χ1) is 9.65. The minimum absolute atomic E-state index is 0.00251. The number of benzene rings is 2. The van der Waals surface area contributed by atoms with Crippen LogP contribution in [0.4, 0.5) is 5.69 Å². The van der Waals surface area contributed by atoms with Gasteiger partial charge in [-0.15, -0.1) is 0 Å². The van der Waals surface area contributed by atoms with E-state index in [0.717, 1.165) is 0 Å². The normalized spacial score (nSPS) is 9.90. The number of phenolic OH excluding ortho intramolecular Hbond substituents is 1. The number of para-hydroxylation sites is 2. The van der Waals surface area contributed by atoms with Crippen LogP contribution in [-0.2, 0) is 0 Å². The van der Waals surface area contributed by atoms with Crippen molar-refractivity contribution in [1.82, 2.24) is 0 Å². The van der Waals surface area contributed by atoms with E-state index in [9.17, 15) is 9.90 Å². The van der Waals surface area contributed by atoms with E-state index in [1.165, 1.54) is 20.3 Å². The molecule has 20 heavy (non-hydrogen) atoms. The fraction of sp³-hybridized carbons (Fsp3) is 0.133. The molecule has 0 saturated heterocycles. The maximum absolute atomic E-state index is 12.3. The van der Waals surface area contributed by atoms with Crippen LogP contribution in [0.2, 0.25) is 0 Å². The molecule has 0 aromatic heterocycles. The summed E-state index contributed by atoms with van der Waals surface area (Å²) < 4.78 is 10.2. The number of rotatable bonds is 4. The lowest BCUT2D eigenvalue weighted by molar-refractivity contribution is 0.102. The highest BCUT2D eigenvalue weighted by Gasteiger charge is 2.15. The van der Waals surface area contributed by atoms with Crippen molar-refractivity contribution >= 4 is 11.6 Å². The third-order valence-corrected chi connectivity index (χ3v) is 2.80. The second-order valence-corrected chi connectivity index (χ2v) is 4.04. The van der Waals surface area contributed by atoms with Gasteiger partial charge in [0.05, 0.1) is 25.5 Å². The number of hydrogen-bond acceptors (Lipinski definition) is 4. The number of nitrogens with one attached hydrogen (secondary N) is 1. The molecule has 0 spiro atoms. The van der Waals surface area contributed by atoms with Gasteiger partial charge in [-0.05, 0) is 30.3 Å². The minimum atomic E-state index is -0.387. The highest BCUT2D eigenvalue weighted by molar-refractivity contribution is 6.07. The standard InChI is InChI=1S/C15H15NO4/c1-19-10-7-8-14(20-2)11(9-10)15(18)16-12-5-3-4-6-13(12)17/h3-9,17H,1-2H3,(H,16,18). The van der Waals surface area contributed by atoms with Crippen LogP contribution >= 0.6 is 0 Å². The zero-order valence-electron chi connectivity index (χ0n) is 11.2. The van der Waals surface area contributed by atoms with Gasteiger partial charge in [0, 0.05) is 0 Å². The van der Waals surface area contributed by atoms with E-state index in [0.29, 0.717) is 22.7 Å². The second kappa shape index (κ2) is 5.97. The molecule has 0 unspecified atom stereocenters. The van der Waals surface area contributed by atoms with Gasteiger partial charge in [-0.1, -0.05) is 12.1 Å². The molecule has 5 heteroatoms. The van der Waals surface area contributed by atoms with Crippen LogP contribution in [-0.4, -0.2) is 25.2 Å². The van der Waals surface area contributed by atoms with Crippen molar-refractivity contribution in [2.75, 3.05) is 19.5 Å². The summed E-state index contributed by atoms with van der Waals surface area (Å²) in [6.07, 6.45) is 0. The summed E-state index contributed by atoms with van der Waals surface area (Å²) >= 11 is 0. The molecule has 2 N–H and O–H groups in total. The van der Waals surface area contributed by atoms with Crippen molar-refractivity contribution in [1.29, 1.82) is 0 Å². The van der Waals surface area contributed by atoms with E-state index in [-0.39, 0.29) is 11.7 Å². The van der Waals surface area contributed by atoms with Gasteiger partial charge in [-0.25, -0.2) is 0 Å². The molecular formula is C15H15NO4. The second-order valence-electron chi connectivity index (χ2n) is 4.04. The Bertz CT molecular complexity index is 625. The molecule has 2 aromatic rings. The van der Waals surface area contributed by atoms with Crippen LogP contribution in [0.5, 0.6) is 17.2 Å². The largest absolute Gasteiger partial charge is 0.506 e. The molecular weight excluding hydrogens is 258 g/mol. The summed E-state index contributed by atoms with van der Waals surface area (Å²) in [6.45, 7) is 0. The number of hydrogen-bond donors (Lipinski definition) is 2. The zero-order valence-corrected chi connectivity index (χ0v) is 11.2. The maximum Gasteiger partial charge on any atom is 0.259 e. The van der Waals surface area contributed by atoms with Gasteiger partial charge in [0.1, 0.15) is 17.2 Å². The number of methoxy groups -OCH3 is 2. The first-order valence-corrected chi connectivity index (χ1v) is 5.97. The Kier molecular flexibility index (Phi) is 4.10. The Labute approximate surface area is 116 Å². The fourth-order valence-electron chi connectivity index (χ4n) is 1.76. The van der Waals surface area contributed by atoms with Gasteiger partial charge >= 0.3 is 0 Å². The molecule has 104 valence electrons. The van der Waals surface area contributed by atoms with Crippen molar-refractivity contribution in [3.05, 3.63) is 48.0 Å². The average Bonchev–Trinajstić information content (AvgIpc) is 2.48. The van der Waals surface area contributed by atoms with Crippen LogP contribution in [0.3, 0.4) is 0 Å². The van der Waals surface area contributed by atoms with E-state index in [4.69, 9.17) is 9.47 Å². The molecule has 5 nitrogen and oxygen atoms in total. The molecule has 0 aliphatic heterocycles. The summed E-state index contributed by atoms with van der Waals surface area (Å²) in [6, 6.07) is 11.4. The molecule has 0 radical (unpaired) electrons. The molecule has 0 heterocycles. The molecule has 1 amide bonds. The van der Waals surface area contributed by atoms with Gasteiger partial charge in [-0.3, -0.25) is 4.79 Å². The van der Waals surface area contributed by atoms with Gasteiger partial charge in [0.25, 0.3) is 5.91 Å². The fourth-order valence-corrected chi connectivity index (χ4v) is 1.76. The summed E-state index contributed by atoms with van der Waals surface area (Å²) in [5, 5.41) is 12.3. The Morgan fingerprint density at radius 2 is 1.85 bits per heavy atom. The summed E-state index contributed by atoms with van der Waals surface area (Å²) in [7, 11) is 3.01.